The Kier molecular flexibility index (Phi) is 2.82. The van der Waals surface area contributed by atoms with E-state index < -0.39 is 0 Å². The zero-order valence-corrected chi connectivity index (χ0v) is 9.40. The Morgan fingerprint density at radius 2 is 1.80 bits per heavy atom. The topological polar surface area (TPSA) is 41.3 Å². The molecule has 0 unspecified atom stereocenters. The predicted molar refractivity (Wildman–Crippen MR) is 65.1 cm³/mol. The van der Waals surface area contributed by atoms with Crippen LogP contribution in [0.15, 0.2) is 24.3 Å². The summed E-state index contributed by atoms with van der Waals surface area (Å²) in [6.45, 7) is 6.52. The fourth-order valence-corrected chi connectivity index (χ4v) is 2.33. The summed E-state index contributed by atoms with van der Waals surface area (Å²) >= 11 is 0. The average Bonchev–Trinajstić information content (AvgIpc) is 2.20. The van der Waals surface area contributed by atoms with Gasteiger partial charge in [0, 0.05) is 25.2 Å². The maximum Gasteiger partial charge on any atom is 0.0605 e. The van der Waals surface area contributed by atoms with Crippen LogP contribution in [0.1, 0.15) is 13.8 Å². The number of hydrogen-bond acceptors (Lipinski definition) is 3. The Morgan fingerprint density at radius 1 is 1.20 bits per heavy atom. The fourth-order valence-electron chi connectivity index (χ4n) is 2.33. The highest BCUT2D eigenvalue weighted by atomic mass is 15.2. The normalized spacial score (nSPS) is 26.7. The van der Waals surface area contributed by atoms with Gasteiger partial charge >= 0.3 is 0 Å². The van der Waals surface area contributed by atoms with Gasteiger partial charge in [0.05, 0.1) is 11.4 Å². The van der Waals surface area contributed by atoms with Gasteiger partial charge in [-0.25, -0.2) is 0 Å². The van der Waals surface area contributed by atoms with Gasteiger partial charge in [-0.15, -0.1) is 0 Å². The summed E-state index contributed by atoms with van der Waals surface area (Å²) < 4.78 is 0. The average molecular weight is 205 g/mol. The number of benzene rings is 1. The number of anilines is 2. The van der Waals surface area contributed by atoms with Crippen molar-refractivity contribution in [2.45, 2.75) is 25.9 Å². The number of nitrogens with two attached hydrogens (primary N) is 1. The van der Waals surface area contributed by atoms with Gasteiger partial charge in [0.2, 0.25) is 0 Å². The Balaban J connectivity index is 2.31. The first-order valence-corrected chi connectivity index (χ1v) is 5.53. The number of piperazine rings is 1. The lowest BCUT2D eigenvalue weighted by molar-refractivity contribution is 0.432. The molecule has 82 valence electrons. The maximum absolute atomic E-state index is 6.01. The van der Waals surface area contributed by atoms with Crippen molar-refractivity contribution in [2.24, 2.45) is 0 Å². The molecule has 0 aromatic heterocycles. The molecule has 1 aliphatic heterocycles. The van der Waals surface area contributed by atoms with Crippen LogP contribution >= 0.6 is 0 Å². The molecule has 0 spiro atoms. The smallest absolute Gasteiger partial charge is 0.0605 e. The van der Waals surface area contributed by atoms with Crippen molar-refractivity contribution in [1.82, 2.24) is 5.32 Å². The molecule has 0 amide bonds. The molecule has 1 aromatic rings. The molecule has 0 bridgehead atoms. The minimum Gasteiger partial charge on any atom is -0.397 e. The second kappa shape index (κ2) is 4.11. The van der Waals surface area contributed by atoms with E-state index >= 15 is 0 Å². The Bertz CT molecular complexity index is 327. The van der Waals surface area contributed by atoms with Crippen LogP contribution in [-0.2, 0) is 0 Å². The number of hydrogen-bond donors (Lipinski definition) is 2. The third kappa shape index (κ3) is 1.92. The van der Waals surface area contributed by atoms with E-state index in [4.69, 9.17) is 5.73 Å². The first-order valence-electron chi connectivity index (χ1n) is 5.53. The van der Waals surface area contributed by atoms with E-state index in [1.165, 1.54) is 5.69 Å². The van der Waals surface area contributed by atoms with Crippen molar-refractivity contribution >= 4 is 11.4 Å². The summed E-state index contributed by atoms with van der Waals surface area (Å²) in [6.07, 6.45) is 0. The van der Waals surface area contributed by atoms with Gasteiger partial charge in [0.25, 0.3) is 0 Å². The van der Waals surface area contributed by atoms with Crippen molar-refractivity contribution in [3.05, 3.63) is 24.3 Å². The molecule has 0 saturated carbocycles. The van der Waals surface area contributed by atoms with Crippen LogP contribution in [0.25, 0.3) is 0 Å². The second-order valence-corrected chi connectivity index (χ2v) is 4.32. The zero-order chi connectivity index (χ0) is 10.8. The van der Waals surface area contributed by atoms with E-state index in [0.717, 1.165) is 18.8 Å². The van der Waals surface area contributed by atoms with Crippen LogP contribution in [0.4, 0.5) is 11.4 Å². The summed E-state index contributed by atoms with van der Waals surface area (Å²) in [5.74, 6) is 0. The van der Waals surface area contributed by atoms with Crippen LogP contribution in [0.2, 0.25) is 0 Å². The van der Waals surface area contributed by atoms with Crippen molar-refractivity contribution in [3.63, 3.8) is 0 Å². The third-order valence-electron chi connectivity index (χ3n) is 3.04. The van der Waals surface area contributed by atoms with E-state index in [1.54, 1.807) is 0 Å². The Morgan fingerprint density at radius 3 is 2.40 bits per heavy atom. The second-order valence-electron chi connectivity index (χ2n) is 4.32. The molecule has 1 fully saturated rings. The third-order valence-corrected chi connectivity index (χ3v) is 3.04. The molecule has 3 heteroatoms. The van der Waals surface area contributed by atoms with E-state index in [2.05, 4.69) is 30.1 Å². The van der Waals surface area contributed by atoms with Crippen LogP contribution in [0.3, 0.4) is 0 Å². The summed E-state index contributed by atoms with van der Waals surface area (Å²) in [5.41, 5.74) is 8.05. The van der Waals surface area contributed by atoms with Gasteiger partial charge in [0.15, 0.2) is 0 Å². The van der Waals surface area contributed by atoms with Crippen LogP contribution in [0, 0.1) is 0 Å². The summed E-state index contributed by atoms with van der Waals surface area (Å²) in [6, 6.07) is 9.10. The van der Waals surface area contributed by atoms with Crippen molar-refractivity contribution < 1.29 is 0 Å². The highest BCUT2D eigenvalue weighted by Gasteiger charge is 2.25. The van der Waals surface area contributed by atoms with Crippen molar-refractivity contribution in [1.29, 1.82) is 0 Å². The van der Waals surface area contributed by atoms with Crippen LogP contribution in [0.5, 0.6) is 0 Å². The maximum atomic E-state index is 6.01. The number of nitrogen functional groups attached to an aromatic ring is 1. The highest BCUT2D eigenvalue weighted by Crippen LogP contribution is 2.27. The molecular formula is C12H19N3. The van der Waals surface area contributed by atoms with Gasteiger partial charge in [-0.05, 0) is 26.0 Å². The molecule has 2 atom stereocenters. The molecular weight excluding hydrogens is 186 g/mol. The van der Waals surface area contributed by atoms with E-state index in [0.29, 0.717) is 12.1 Å². The standard InChI is InChI=1S/C12H19N3/c1-9-7-14-8-10(2)15(9)12-6-4-3-5-11(12)13/h3-6,9-10,14H,7-8,13H2,1-2H3/t9-,10+. The monoisotopic (exact) mass is 205 g/mol. The molecule has 0 aliphatic carbocycles. The Hall–Kier alpha value is -1.22. The fraction of sp³-hybridized carbons (Fsp3) is 0.500. The summed E-state index contributed by atoms with van der Waals surface area (Å²) in [4.78, 5) is 2.41. The molecule has 2 rings (SSSR count). The van der Waals surface area contributed by atoms with E-state index in [-0.39, 0.29) is 0 Å². The van der Waals surface area contributed by atoms with Crippen molar-refractivity contribution in [2.75, 3.05) is 23.7 Å². The van der Waals surface area contributed by atoms with Gasteiger partial charge in [-0.2, -0.15) is 0 Å². The first kappa shape index (κ1) is 10.3. The minimum absolute atomic E-state index is 0.499. The summed E-state index contributed by atoms with van der Waals surface area (Å²) in [7, 11) is 0. The molecule has 15 heavy (non-hydrogen) atoms. The number of para-hydroxylation sites is 2. The van der Waals surface area contributed by atoms with Gasteiger partial charge in [-0.3, -0.25) is 0 Å². The SMILES string of the molecule is C[C@@H]1CNC[C@H](C)N1c1ccccc1N. The Labute approximate surface area is 91.3 Å². The molecule has 3 nitrogen and oxygen atoms in total. The van der Waals surface area contributed by atoms with Gasteiger partial charge in [0.1, 0.15) is 0 Å². The largest absolute Gasteiger partial charge is 0.397 e. The van der Waals surface area contributed by atoms with Crippen LogP contribution < -0.4 is 16.0 Å². The molecule has 1 aliphatic rings. The first-order chi connectivity index (χ1) is 7.20. The highest BCUT2D eigenvalue weighted by molar-refractivity contribution is 5.68. The molecule has 1 saturated heterocycles. The molecule has 1 aromatic carbocycles. The predicted octanol–water partition coefficient (Wildman–Crippen LogP) is 1.46. The number of nitrogens with one attached hydrogen (secondary N) is 1. The van der Waals surface area contributed by atoms with Crippen molar-refractivity contribution in [3.8, 4) is 0 Å². The molecule has 1 heterocycles. The van der Waals surface area contributed by atoms with Gasteiger partial charge in [-0.1, -0.05) is 12.1 Å². The minimum atomic E-state index is 0.499. The quantitative estimate of drug-likeness (QED) is 0.682. The number of rotatable bonds is 1. The lowest BCUT2D eigenvalue weighted by Crippen LogP contribution is -2.55. The van der Waals surface area contributed by atoms with Gasteiger partial charge < -0.3 is 16.0 Å². The zero-order valence-electron chi connectivity index (χ0n) is 9.40. The molecule has 3 N–H and O–H groups in total. The number of nitrogens with zero attached hydrogens (tertiary/aromatic N) is 1. The van der Waals surface area contributed by atoms with E-state index in [9.17, 15) is 0 Å². The van der Waals surface area contributed by atoms with E-state index in [1.807, 2.05) is 18.2 Å². The van der Waals surface area contributed by atoms with Crippen LogP contribution in [-0.4, -0.2) is 25.2 Å². The lowest BCUT2D eigenvalue weighted by atomic mass is 10.1. The molecule has 0 radical (unpaired) electrons. The lowest BCUT2D eigenvalue weighted by Gasteiger charge is -2.41. The summed E-state index contributed by atoms with van der Waals surface area (Å²) in [5, 5.41) is 3.42.